The Kier molecular flexibility index (Phi) is 6.98. The van der Waals surface area contributed by atoms with Crippen LogP contribution >= 0.6 is 11.6 Å². The fourth-order valence-electron chi connectivity index (χ4n) is 4.97. The number of nitrogens with zero attached hydrogens (tertiary/aromatic N) is 1. The number of rotatable bonds is 7. The van der Waals surface area contributed by atoms with E-state index in [-0.39, 0.29) is 24.4 Å². The molecule has 2 heterocycles. The molecule has 2 unspecified atom stereocenters. The van der Waals surface area contributed by atoms with Crippen molar-refractivity contribution in [2.24, 2.45) is 5.92 Å². The number of alkyl halides is 1. The SMILES string of the molecule is CC1=C(c2cccc(Cl)c2)C(c2ccc(OCCN3CCC(CF)C3)cc2)Oc2ccc(O)cc21. The molecule has 3 aromatic rings. The zero-order valence-electron chi connectivity index (χ0n) is 19.7. The summed E-state index contributed by atoms with van der Waals surface area (Å²) in [6, 6.07) is 20.9. The van der Waals surface area contributed by atoms with Crippen LogP contribution in [0.25, 0.3) is 11.1 Å². The van der Waals surface area contributed by atoms with Crippen LogP contribution in [0.3, 0.4) is 0 Å². The summed E-state index contributed by atoms with van der Waals surface area (Å²) in [5.41, 5.74) is 4.89. The van der Waals surface area contributed by atoms with Gasteiger partial charge in [0, 0.05) is 35.2 Å². The number of benzene rings is 3. The van der Waals surface area contributed by atoms with Crippen molar-refractivity contribution >= 4 is 22.7 Å². The van der Waals surface area contributed by atoms with Gasteiger partial charge in [-0.2, -0.15) is 0 Å². The van der Waals surface area contributed by atoms with E-state index in [4.69, 9.17) is 21.1 Å². The summed E-state index contributed by atoms with van der Waals surface area (Å²) < 4.78 is 25.3. The molecule has 0 spiro atoms. The Morgan fingerprint density at radius 3 is 2.69 bits per heavy atom. The van der Waals surface area contributed by atoms with Crippen LogP contribution in [0, 0.1) is 5.92 Å². The maximum absolute atomic E-state index is 12.8. The molecule has 2 aliphatic heterocycles. The second kappa shape index (κ2) is 10.3. The van der Waals surface area contributed by atoms with E-state index in [1.165, 1.54) is 0 Å². The normalized spacial score (nSPS) is 20.0. The Labute approximate surface area is 210 Å². The Morgan fingerprint density at radius 1 is 1.11 bits per heavy atom. The highest BCUT2D eigenvalue weighted by Gasteiger charge is 2.29. The van der Waals surface area contributed by atoms with Gasteiger partial charge in [-0.15, -0.1) is 0 Å². The van der Waals surface area contributed by atoms with Gasteiger partial charge in [-0.3, -0.25) is 9.29 Å². The van der Waals surface area contributed by atoms with Gasteiger partial charge in [0.15, 0.2) is 0 Å². The van der Waals surface area contributed by atoms with E-state index in [1.807, 2.05) is 55.5 Å². The number of hydrogen-bond donors (Lipinski definition) is 1. The minimum Gasteiger partial charge on any atom is -0.508 e. The lowest BCUT2D eigenvalue weighted by Gasteiger charge is -2.31. The Bertz CT molecular complexity index is 1230. The maximum atomic E-state index is 12.8. The fraction of sp³-hybridized carbons (Fsp3) is 0.310. The molecule has 2 atom stereocenters. The highest BCUT2D eigenvalue weighted by molar-refractivity contribution is 6.30. The van der Waals surface area contributed by atoms with Gasteiger partial charge in [0.1, 0.15) is 30.0 Å². The van der Waals surface area contributed by atoms with Crippen molar-refractivity contribution in [2.75, 3.05) is 32.9 Å². The van der Waals surface area contributed by atoms with Crippen molar-refractivity contribution in [3.05, 3.63) is 88.4 Å². The zero-order chi connectivity index (χ0) is 24.4. The van der Waals surface area contributed by atoms with E-state index in [2.05, 4.69) is 4.90 Å². The third-order valence-corrected chi connectivity index (χ3v) is 7.10. The monoisotopic (exact) mass is 493 g/mol. The van der Waals surface area contributed by atoms with Crippen LogP contribution in [-0.2, 0) is 0 Å². The zero-order valence-corrected chi connectivity index (χ0v) is 20.5. The molecule has 4 nitrogen and oxygen atoms in total. The fourth-order valence-corrected chi connectivity index (χ4v) is 5.16. The second-order valence-electron chi connectivity index (χ2n) is 9.25. The number of allylic oxidation sites excluding steroid dienone is 1. The molecule has 5 rings (SSSR count). The maximum Gasteiger partial charge on any atom is 0.150 e. The van der Waals surface area contributed by atoms with Crippen LogP contribution in [0.1, 0.15) is 36.1 Å². The number of phenolic OH excluding ortho intramolecular Hbond substituents is 1. The molecule has 2 aliphatic rings. The van der Waals surface area contributed by atoms with E-state index >= 15 is 0 Å². The number of aromatic hydroxyl groups is 1. The average molecular weight is 494 g/mol. The van der Waals surface area contributed by atoms with Crippen molar-refractivity contribution in [1.82, 2.24) is 4.90 Å². The molecular formula is C29H29ClFNO3. The van der Waals surface area contributed by atoms with Crippen molar-refractivity contribution in [3.8, 4) is 17.2 Å². The van der Waals surface area contributed by atoms with Crippen molar-refractivity contribution in [3.63, 3.8) is 0 Å². The lowest BCUT2D eigenvalue weighted by molar-refractivity contribution is 0.228. The van der Waals surface area contributed by atoms with E-state index in [1.54, 1.807) is 18.2 Å². The van der Waals surface area contributed by atoms with Gasteiger partial charge < -0.3 is 14.6 Å². The van der Waals surface area contributed by atoms with Crippen molar-refractivity contribution in [2.45, 2.75) is 19.4 Å². The molecule has 1 N–H and O–H groups in total. The summed E-state index contributed by atoms with van der Waals surface area (Å²) in [7, 11) is 0. The molecule has 0 bridgehead atoms. The Balaban J connectivity index is 1.37. The van der Waals surface area contributed by atoms with Crippen molar-refractivity contribution in [1.29, 1.82) is 0 Å². The highest BCUT2D eigenvalue weighted by atomic mass is 35.5. The minimum absolute atomic E-state index is 0.170. The minimum atomic E-state index is -0.332. The van der Waals surface area contributed by atoms with Crippen LogP contribution in [0.4, 0.5) is 4.39 Å². The smallest absolute Gasteiger partial charge is 0.150 e. The molecular weight excluding hydrogens is 465 g/mol. The first-order chi connectivity index (χ1) is 17.0. The number of ether oxygens (including phenoxy) is 2. The first-order valence-corrected chi connectivity index (χ1v) is 12.4. The van der Waals surface area contributed by atoms with Crippen LogP contribution in [0.5, 0.6) is 17.2 Å². The lowest BCUT2D eigenvalue weighted by atomic mass is 9.86. The number of phenols is 1. The topological polar surface area (TPSA) is 41.9 Å². The summed E-state index contributed by atoms with van der Waals surface area (Å²) in [5, 5.41) is 10.7. The molecule has 182 valence electrons. The summed E-state index contributed by atoms with van der Waals surface area (Å²) >= 11 is 6.32. The number of fused-ring (bicyclic) bond motifs is 1. The van der Waals surface area contributed by atoms with E-state index in [0.717, 1.165) is 65.4 Å². The van der Waals surface area contributed by atoms with Gasteiger partial charge in [-0.25, -0.2) is 0 Å². The Morgan fingerprint density at radius 2 is 1.94 bits per heavy atom. The van der Waals surface area contributed by atoms with E-state index < -0.39 is 0 Å². The summed E-state index contributed by atoms with van der Waals surface area (Å²) in [5.74, 6) is 1.89. The van der Waals surface area contributed by atoms with Crippen LogP contribution in [-0.4, -0.2) is 42.9 Å². The quantitative estimate of drug-likeness (QED) is 0.394. The predicted octanol–water partition coefficient (Wildman–Crippen LogP) is 6.78. The third-order valence-electron chi connectivity index (χ3n) is 6.86. The largest absolute Gasteiger partial charge is 0.508 e. The predicted molar refractivity (Wildman–Crippen MR) is 138 cm³/mol. The number of halogens is 2. The molecule has 0 saturated carbocycles. The molecule has 6 heteroatoms. The Hall–Kier alpha value is -3.02. The number of hydrogen-bond acceptors (Lipinski definition) is 4. The lowest BCUT2D eigenvalue weighted by Crippen LogP contribution is -2.26. The summed E-state index contributed by atoms with van der Waals surface area (Å²) in [4.78, 5) is 2.26. The summed E-state index contributed by atoms with van der Waals surface area (Å²) in [6.45, 7) is 4.94. The van der Waals surface area contributed by atoms with E-state index in [0.29, 0.717) is 11.6 Å². The first-order valence-electron chi connectivity index (χ1n) is 12.0. The molecule has 1 saturated heterocycles. The second-order valence-corrected chi connectivity index (χ2v) is 9.69. The highest BCUT2D eigenvalue weighted by Crippen LogP contribution is 2.47. The molecule has 0 aliphatic carbocycles. The molecule has 0 radical (unpaired) electrons. The standard InChI is InChI=1S/C29H29ClFNO3/c1-19-26-16-24(33)7-10-27(26)35-29(28(19)22-3-2-4-23(30)15-22)21-5-8-25(9-6-21)34-14-13-32-12-11-20(17-31)18-32/h2-10,15-16,20,29,33H,11-14,17-18H2,1H3. The average Bonchev–Trinajstić information content (AvgIpc) is 3.33. The third kappa shape index (κ3) is 5.16. The van der Waals surface area contributed by atoms with Crippen LogP contribution in [0.15, 0.2) is 66.7 Å². The molecule has 35 heavy (non-hydrogen) atoms. The summed E-state index contributed by atoms with van der Waals surface area (Å²) in [6.07, 6.45) is 0.596. The van der Waals surface area contributed by atoms with Gasteiger partial charge in [-0.05, 0) is 79.1 Å². The van der Waals surface area contributed by atoms with Gasteiger partial charge in [0.25, 0.3) is 0 Å². The van der Waals surface area contributed by atoms with Crippen LogP contribution in [0.2, 0.25) is 5.02 Å². The first kappa shape index (κ1) is 23.7. The molecule has 3 aromatic carbocycles. The van der Waals surface area contributed by atoms with E-state index in [9.17, 15) is 9.50 Å². The molecule has 0 amide bonds. The van der Waals surface area contributed by atoms with Gasteiger partial charge >= 0.3 is 0 Å². The molecule has 1 fully saturated rings. The number of likely N-dealkylation sites (tertiary alicyclic amines) is 1. The van der Waals surface area contributed by atoms with Crippen molar-refractivity contribution < 1.29 is 19.0 Å². The van der Waals surface area contributed by atoms with Gasteiger partial charge in [-0.1, -0.05) is 35.9 Å². The van der Waals surface area contributed by atoms with Crippen LogP contribution < -0.4 is 9.47 Å². The van der Waals surface area contributed by atoms with Gasteiger partial charge in [0.05, 0.1) is 6.67 Å². The van der Waals surface area contributed by atoms with Gasteiger partial charge in [0.2, 0.25) is 0 Å². The molecule has 0 aromatic heterocycles.